The number of unbranched alkanes of at least 4 members (excludes halogenated alkanes) is 1. The maximum Gasteiger partial charge on any atom is 0.240 e. The van der Waals surface area contributed by atoms with E-state index in [1.54, 1.807) is 12.1 Å². The van der Waals surface area contributed by atoms with E-state index in [2.05, 4.69) is 16.5 Å². The van der Waals surface area contributed by atoms with Crippen molar-refractivity contribution in [3.8, 4) is 0 Å². The van der Waals surface area contributed by atoms with E-state index in [4.69, 9.17) is 5.73 Å². The monoisotopic (exact) mass is 285 g/mol. The number of hydrogen-bond donors (Lipinski definition) is 2. The van der Waals surface area contributed by atoms with Crippen molar-refractivity contribution in [3.05, 3.63) is 18.2 Å². The second-order valence-corrected chi connectivity index (χ2v) is 6.25. The van der Waals surface area contributed by atoms with E-state index in [0.717, 1.165) is 31.6 Å². The lowest BCUT2D eigenvalue weighted by Crippen LogP contribution is -2.26. The highest BCUT2D eigenvalue weighted by Gasteiger charge is 2.15. The molecule has 0 saturated carbocycles. The van der Waals surface area contributed by atoms with Crippen LogP contribution in [0.15, 0.2) is 23.1 Å². The Bertz CT molecular complexity index is 515. The first-order valence-electron chi connectivity index (χ1n) is 6.54. The Kier molecular flexibility index (Phi) is 5.62. The van der Waals surface area contributed by atoms with E-state index >= 15 is 0 Å². The minimum absolute atomic E-state index is 0.245. The molecule has 0 aromatic heterocycles. The molecule has 6 heteroatoms. The summed E-state index contributed by atoms with van der Waals surface area (Å²) in [4.78, 5) is 2.35. The van der Waals surface area contributed by atoms with Gasteiger partial charge in [-0.2, -0.15) is 0 Å². The van der Waals surface area contributed by atoms with Crippen LogP contribution in [0.5, 0.6) is 0 Å². The first-order valence-corrected chi connectivity index (χ1v) is 8.02. The summed E-state index contributed by atoms with van der Waals surface area (Å²) < 4.78 is 26.0. The highest BCUT2D eigenvalue weighted by Crippen LogP contribution is 2.26. The molecule has 108 valence electrons. The van der Waals surface area contributed by atoms with Crippen molar-refractivity contribution in [1.82, 2.24) is 4.72 Å². The highest BCUT2D eigenvalue weighted by atomic mass is 32.2. The standard InChI is InChI=1S/C13H23N3O2S/c1-4-6-9-16(5-2)13-10-11(7-8-12(13)14)19(17,18)15-3/h7-8,10,15H,4-6,9,14H2,1-3H3. The molecule has 1 rings (SSSR count). The quantitative estimate of drug-likeness (QED) is 0.749. The zero-order chi connectivity index (χ0) is 14.5. The molecule has 0 aliphatic rings. The van der Waals surface area contributed by atoms with Crippen molar-refractivity contribution in [3.63, 3.8) is 0 Å². The van der Waals surface area contributed by atoms with Gasteiger partial charge in [0.05, 0.1) is 16.3 Å². The molecular weight excluding hydrogens is 262 g/mol. The first kappa shape index (κ1) is 15.8. The second kappa shape index (κ2) is 6.77. The van der Waals surface area contributed by atoms with Crippen LogP contribution in [0.3, 0.4) is 0 Å². The maximum atomic E-state index is 11.8. The third kappa shape index (κ3) is 3.84. The fraction of sp³-hybridized carbons (Fsp3) is 0.538. The zero-order valence-electron chi connectivity index (χ0n) is 11.8. The molecule has 0 unspecified atom stereocenters. The van der Waals surface area contributed by atoms with Crippen LogP contribution in [0.4, 0.5) is 11.4 Å². The molecule has 0 bridgehead atoms. The van der Waals surface area contributed by atoms with Gasteiger partial charge in [0.25, 0.3) is 0 Å². The van der Waals surface area contributed by atoms with Crippen molar-refractivity contribution in [2.24, 2.45) is 0 Å². The van der Waals surface area contributed by atoms with E-state index in [9.17, 15) is 8.42 Å². The van der Waals surface area contributed by atoms with Gasteiger partial charge in [-0.15, -0.1) is 0 Å². The molecule has 0 aliphatic heterocycles. The Hall–Kier alpha value is -1.27. The maximum absolute atomic E-state index is 11.8. The molecule has 0 radical (unpaired) electrons. The largest absolute Gasteiger partial charge is 0.397 e. The van der Waals surface area contributed by atoms with E-state index in [1.807, 2.05) is 6.92 Å². The normalized spacial score (nSPS) is 11.5. The summed E-state index contributed by atoms with van der Waals surface area (Å²) >= 11 is 0. The summed E-state index contributed by atoms with van der Waals surface area (Å²) in [6, 6.07) is 4.81. The predicted octanol–water partition coefficient (Wildman–Crippen LogP) is 1.80. The number of nitrogens with zero attached hydrogens (tertiary/aromatic N) is 1. The van der Waals surface area contributed by atoms with Gasteiger partial charge in [-0.25, -0.2) is 13.1 Å². The van der Waals surface area contributed by atoms with Crippen LogP contribution in [-0.4, -0.2) is 28.6 Å². The minimum atomic E-state index is -3.43. The molecule has 5 nitrogen and oxygen atoms in total. The SMILES string of the molecule is CCCCN(CC)c1cc(S(=O)(=O)NC)ccc1N. The van der Waals surface area contributed by atoms with Gasteiger partial charge in [0, 0.05) is 13.1 Å². The highest BCUT2D eigenvalue weighted by molar-refractivity contribution is 7.89. The number of nitrogens with one attached hydrogen (secondary N) is 1. The fourth-order valence-electron chi connectivity index (χ4n) is 1.88. The van der Waals surface area contributed by atoms with E-state index in [0.29, 0.717) is 5.69 Å². The Labute approximate surface area is 115 Å². The van der Waals surface area contributed by atoms with Gasteiger partial charge in [0.2, 0.25) is 10.0 Å². The molecule has 3 N–H and O–H groups in total. The van der Waals surface area contributed by atoms with E-state index in [1.165, 1.54) is 13.1 Å². The lowest BCUT2D eigenvalue weighted by atomic mass is 10.2. The second-order valence-electron chi connectivity index (χ2n) is 4.36. The number of benzene rings is 1. The number of nitrogen functional groups attached to an aromatic ring is 1. The summed E-state index contributed by atoms with van der Waals surface area (Å²) in [7, 11) is -2.03. The third-order valence-corrected chi connectivity index (χ3v) is 4.50. The van der Waals surface area contributed by atoms with Gasteiger partial charge < -0.3 is 10.6 Å². The van der Waals surface area contributed by atoms with Crippen LogP contribution in [0, 0.1) is 0 Å². The molecule has 1 aromatic rings. The molecule has 0 fully saturated rings. The predicted molar refractivity (Wildman–Crippen MR) is 79.9 cm³/mol. The Morgan fingerprint density at radius 2 is 2.00 bits per heavy atom. The van der Waals surface area contributed by atoms with Crippen molar-refractivity contribution in [2.75, 3.05) is 30.8 Å². The Morgan fingerprint density at radius 3 is 2.53 bits per heavy atom. The molecule has 1 aromatic carbocycles. The molecule has 0 heterocycles. The van der Waals surface area contributed by atoms with Crippen molar-refractivity contribution < 1.29 is 8.42 Å². The molecule has 0 atom stereocenters. The number of sulfonamides is 1. The number of hydrogen-bond acceptors (Lipinski definition) is 4. The van der Waals surface area contributed by atoms with Gasteiger partial charge in [0.1, 0.15) is 0 Å². The van der Waals surface area contributed by atoms with Crippen LogP contribution in [0.2, 0.25) is 0 Å². The number of nitrogens with two attached hydrogens (primary N) is 1. The smallest absolute Gasteiger partial charge is 0.240 e. The van der Waals surface area contributed by atoms with Gasteiger partial charge in [0.15, 0.2) is 0 Å². The van der Waals surface area contributed by atoms with Crippen molar-refractivity contribution in [2.45, 2.75) is 31.6 Å². The molecule has 0 spiro atoms. The average molecular weight is 285 g/mol. The van der Waals surface area contributed by atoms with Crippen molar-refractivity contribution >= 4 is 21.4 Å². The van der Waals surface area contributed by atoms with Gasteiger partial charge in [-0.1, -0.05) is 13.3 Å². The fourth-order valence-corrected chi connectivity index (χ4v) is 2.63. The minimum Gasteiger partial charge on any atom is -0.397 e. The lowest BCUT2D eigenvalue weighted by Gasteiger charge is -2.25. The zero-order valence-corrected chi connectivity index (χ0v) is 12.6. The molecular formula is C13H23N3O2S. The molecule has 0 saturated heterocycles. The van der Waals surface area contributed by atoms with Crippen LogP contribution < -0.4 is 15.4 Å². The molecule has 19 heavy (non-hydrogen) atoms. The molecule has 0 amide bonds. The topological polar surface area (TPSA) is 75.4 Å². The van der Waals surface area contributed by atoms with Crippen LogP contribution >= 0.6 is 0 Å². The summed E-state index contributed by atoms with van der Waals surface area (Å²) in [5.41, 5.74) is 7.35. The summed E-state index contributed by atoms with van der Waals surface area (Å²) in [5, 5.41) is 0. The summed E-state index contributed by atoms with van der Waals surface area (Å²) in [6.07, 6.45) is 2.14. The van der Waals surface area contributed by atoms with E-state index < -0.39 is 10.0 Å². The average Bonchev–Trinajstić information content (AvgIpc) is 2.41. The van der Waals surface area contributed by atoms with Crippen molar-refractivity contribution in [1.29, 1.82) is 0 Å². The first-order chi connectivity index (χ1) is 8.96. The lowest BCUT2D eigenvalue weighted by molar-refractivity contribution is 0.588. The Balaban J connectivity index is 3.15. The van der Waals surface area contributed by atoms with E-state index in [-0.39, 0.29) is 4.90 Å². The number of rotatable bonds is 7. The van der Waals surface area contributed by atoms with Gasteiger partial charge in [-0.3, -0.25) is 0 Å². The summed E-state index contributed by atoms with van der Waals surface area (Å²) in [5.74, 6) is 0. The molecule has 0 aliphatic carbocycles. The van der Waals surface area contributed by atoms with Gasteiger partial charge in [-0.05, 0) is 38.6 Å². The summed E-state index contributed by atoms with van der Waals surface area (Å²) in [6.45, 7) is 5.83. The third-order valence-electron chi connectivity index (χ3n) is 3.08. The Morgan fingerprint density at radius 1 is 1.32 bits per heavy atom. The van der Waals surface area contributed by atoms with Crippen LogP contribution in [0.1, 0.15) is 26.7 Å². The number of anilines is 2. The van der Waals surface area contributed by atoms with Gasteiger partial charge >= 0.3 is 0 Å². The van der Waals surface area contributed by atoms with Crippen LogP contribution in [0.25, 0.3) is 0 Å². The van der Waals surface area contributed by atoms with Crippen LogP contribution in [-0.2, 0) is 10.0 Å².